The minimum Gasteiger partial charge on any atom is -0.391 e. The van der Waals surface area contributed by atoms with Crippen molar-refractivity contribution in [1.82, 2.24) is 9.80 Å². The van der Waals surface area contributed by atoms with E-state index in [4.69, 9.17) is 0 Å². The second-order valence-corrected chi connectivity index (χ2v) is 3.32. The minimum atomic E-state index is -0.517. The summed E-state index contributed by atoms with van der Waals surface area (Å²) >= 11 is 0. The summed E-state index contributed by atoms with van der Waals surface area (Å²) in [6, 6.07) is 0. The van der Waals surface area contributed by atoms with Crippen molar-refractivity contribution in [2.75, 3.05) is 41.3 Å². The van der Waals surface area contributed by atoms with Crippen LogP contribution in [-0.4, -0.2) is 63.0 Å². The van der Waals surface area contributed by atoms with Gasteiger partial charge in [-0.3, -0.25) is 19.4 Å². The van der Waals surface area contributed by atoms with Crippen molar-refractivity contribution in [1.29, 1.82) is 0 Å². The second-order valence-electron chi connectivity index (χ2n) is 3.32. The molecule has 5 heteroatoms. The maximum atomic E-state index is 10.9. The number of likely N-dealkylation sites (N-methyl/N-ethyl adjacent to an activating group) is 2. The smallest absolute Gasteiger partial charge is 0.327 e. The van der Waals surface area contributed by atoms with Crippen molar-refractivity contribution >= 4 is 11.9 Å². The molecule has 0 saturated heterocycles. The van der Waals surface area contributed by atoms with Crippen molar-refractivity contribution in [2.24, 2.45) is 0 Å². The average Bonchev–Trinajstić information content (AvgIpc) is 1.80. The van der Waals surface area contributed by atoms with Crippen LogP contribution in [0.15, 0.2) is 0 Å². The molecule has 0 heterocycles. The zero-order valence-corrected chi connectivity index (χ0v) is 8.53. The van der Waals surface area contributed by atoms with Crippen LogP contribution < -0.4 is 0 Å². The van der Waals surface area contributed by atoms with Crippen LogP contribution in [0.1, 0.15) is 0 Å². The van der Waals surface area contributed by atoms with E-state index >= 15 is 0 Å². The molecule has 13 heavy (non-hydrogen) atoms. The van der Waals surface area contributed by atoms with E-state index in [1.807, 2.05) is 0 Å². The maximum Gasteiger partial charge on any atom is 0.327 e. The Morgan fingerprint density at radius 3 is 1.46 bits per heavy atom. The minimum absolute atomic E-state index is 0.124. The molecule has 0 saturated carbocycles. The van der Waals surface area contributed by atoms with Gasteiger partial charge in [0.2, 0.25) is 0 Å². The lowest BCUT2D eigenvalue weighted by molar-refractivity contribution is -0.160. The molecular formula is C8H16N2O3. The normalized spacial score (nSPS) is 10.6. The molecule has 0 aromatic heterocycles. The lowest BCUT2D eigenvalue weighted by atomic mass is 10.5. The topological polar surface area (TPSA) is 49.9 Å². The molecule has 0 N–H and O–H groups in total. The van der Waals surface area contributed by atoms with E-state index in [9.17, 15) is 9.59 Å². The maximum absolute atomic E-state index is 10.9. The van der Waals surface area contributed by atoms with Gasteiger partial charge >= 0.3 is 11.9 Å². The van der Waals surface area contributed by atoms with Crippen LogP contribution in [0.4, 0.5) is 0 Å². The van der Waals surface area contributed by atoms with Gasteiger partial charge in [0.25, 0.3) is 0 Å². The number of carbonyl (C=O) groups excluding carboxylic acids is 2. The summed E-state index contributed by atoms with van der Waals surface area (Å²) in [6.45, 7) is 0.248. The number of carbonyl (C=O) groups is 2. The quantitative estimate of drug-likeness (QED) is 0.426. The summed E-state index contributed by atoms with van der Waals surface area (Å²) < 4.78 is 4.51. The SMILES string of the molecule is CN(C)CC(=O)OC(=O)CN(C)C. The van der Waals surface area contributed by atoms with E-state index in [1.54, 1.807) is 38.0 Å². The molecule has 76 valence electrons. The Kier molecular flexibility index (Phi) is 5.25. The molecule has 0 aromatic rings. The van der Waals surface area contributed by atoms with Crippen LogP contribution in [0.25, 0.3) is 0 Å². The first-order chi connectivity index (χ1) is 5.91. The molecule has 0 amide bonds. The fourth-order valence-corrected chi connectivity index (χ4v) is 0.708. The number of rotatable bonds is 4. The molecule has 0 aromatic carbocycles. The van der Waals surface area contributed by atoms with E-state index in [0.29, 0.717) is 0 Å². The van der Waals surface area contributed by atoms with Crippen LogP contribution in [0.3, 0.4) is 0 Å². The van der Waals surface area contributed by atoms with E-state index in [2.05, 4.69) is 4.74 Å². The second kappa shape index (κ2) is 5.66. The van der Waals surface area contributed by atoms with Gasteiger partial charge < -0.3 is 4.74 Å². The van der Waals surface area contributed by atoms with Gasteiger partial charge in [-0.15, -0.1) is 0 Å². The van der Waals surface area contributed by atoms with Crippen molar-refractivity contribution in [2.45, 2.75) is 0 Å². The van der Waals surface area contributed by atoms with Crippen molar-refractivity contribution < 1.29 is 14.3 Å². The van der Waals surface area contributed by atoms with Crippen molar-refractivity contribution in [3.05, 3.63) is 0 Å². The first kappa shape index (κ1) is 12.1. The molecule has 0 aliphatic carbocycles. The van der Waals surface area contributed by atoms with Crippen LogP contribution in [0.5, 0.6) is 0 Å². The summed E-state index contributed by atoms with van der Waals surface area (Å²) in [5, 5.41) is 0. The number of hydrogen-bond acceptors (Lipinski definition) is 5. The highest BCUT2D eigenvalue weighted by atomic mass is 16.6. The predicted octanol–water partition coefficient (Wildman–Crippen LogP) is -0.821. The first-order valence-corrected chi connectivity index (χ1v) is 3.94. The van der Waals surface area contributed by atoms with Crippen LogP contribution in [0.2, 0.25) is 0 Å². The van der Waals surface area contributed by atoms with Gasteiger partial charge in [-0.1, -0.05) is 0 Å². The largest absolute Gasteiger partial charge is 0.391 e. The van der Waals surface area contributed by atoms with Crippen molar-refractivity contribution in [3.63, 3.8) is 0 Å². The lowest BCUT2D eigenvalue weighted by Crippen LogP contribution is -2.30. The molecule has 0 spiro atoms. The van der Waals surface area contributed by atoms with Crippen LogP contribution in [-0.2, 0) is 14.3 Å². The van der Waals surface area contributed by atoms with Crippen molar-refractivity contribution in [3.8, 4) is 0 Å². The fourth-order valence-electron chi connectivity index (χ4n) is 0.708. The number of hydrogen-bond donors (Lipinski definition) is 0. The Labute approximate surface area is 78.3 Å². The first-order valence-electron chi connectivity index (χ1n) is 3.94. The van der Waals surface area contributed by atoms with Crippen LogP contribution >= 0.6 is 0 Å². The summed E-state index contributed by atoms with van der Waals surface area (Å²) in [5.74, 6) is -1.03. The number of nitrogens with zero attached hydrogens (tertiary/aromatic N) is 2. The van der Waals surface area contributed by atoms with Gasteiger partial charge in [0.1, 0.15) is 0 Å². The Morgan fingerprint density at radius 2 is 1.23 bits per heavy atom. The number of ether oxygens (including phenoxy) is 1. The Balaban J connectivity index is 3.72. The Hall–Kier alpha value is -0.940. The highest BCUT2D eigenvalue weighted by molar-refractivity contribution is 5.87. The van der Waals surface area contributed by atoms with E-state index in [-0.39, 0.29) is 13.1 Å². The predicted molar refractivity (Wildman–Crippen MR) is 48.2 cm³/mol. The van der Waals surface area contributed by atoms with Gasteiger partial charge in [-0.05, 0) is 28.2 Å². The third kappa shape index (κ3) is 7.42. The fraction of sp³-hybridized carbons (Fsp3) is 0.750. The molecule has 5 nitrogen and oxygen atoms in total. The zero-order chi connectivity index (χ0) is 10.4. The van der Waals surface area contributed by atoms with Gasteiger partial charge in [-0.25, -0.2) is 0 Å². The monoisotopic (exact) mass is 188 g/mol. The van der Waals surface area contributed by atoms with Crippen LogP contribution in [0, 0.1) is 0 Å². The molecule has 0 aliphatic rings. The molecule has 0 fully saturated rings. The third-order valence-electron chi connectivity index (χ3n) is 1.12. The molecular weight excluding hydrogens is 172 g/mol. The molecule has 0 aliphatic heterocycles. The summed E-state index contributed by atoms with van der Waals surface area (Å²) in [5.41, 5.74) is 0. The molecule has 0 radical (unpaired) electrons. The Morgan fingerprint density at radius 1 is 0.923 bits per heavy atom. The van der Waals surface area contributed by atoms with Gasteiger partial charge in [0.05, 0.1) is 13.1 Å². The highest BCUT2D eigenvalue weighted by Gasteiger charge is 2.11. The standard InChI is InChI=1S/C8H16N2O3/c1-9(2)5-7(11)13-8(12)6-10(3)4/h5-6H2,1-4H3. The number of esters is 2. The van der Waals surface area contributed by atoms with Gasteiger partial charge in [0, 0.05) is 0 Å². The molecule has 0 atom stereocenters. The van der Waals surface area contributed by atoms with Gasteiger partial charge in [-0.2, -0.15) is 0 Å². The molecule has 0 unspecified atom stereocenters. The summed E-state index contributed by atoms with van der Waals surface area (Å²) in [7, 11) is 6.94. The van der Waals surface area contributed by atoms with E-state index in [1.165, 1.54) is 0 Å². The summed E-state index contributed by atoms with van der Waals surface area (Å²) in [4.78, 5) is 25.2. The third-order valence-corrected chi connectivity index (χ3v) is 1.12. The van der Waals surface area contributed by atoms with Gasteiger partial charge in [0.15, 0.2) is 0 Å². The summed E-state index contributed by atoms with van der Waals surface area (Å²) in [6.07, 6.45) is 0. The zero-order valence-electron chi connectivity index (χ0n) is 8.53. The highest BCUT2D eigenvalue weighted by Crippen LogP contribution is 1.85. The molecule has 0 rings (SSSR count). The van der Waals surface area contributed by atoms with E-state index < -0.39 is 11.9 Å². The molecule has 0 bridgehead atoms. The average molecular weight is 188 g/mol. The Bertz CT molecular complexity index is 170. The lowest BCUT2D eigenvalue weighted by Gasteiger charge is -2.10. The van der Waals surface area contributed by atoms with E-state index in [0.717, 1.165) is 0 Å².